The lowest BCUT2D eigenvalue weighted by Crippen LogP contribution is -2.26. The lowest BCUT2D eigenvalue weighted by Gasteiger charge is -2.27. The summed E-state index contributed by atoms with van der Waals surface area (Å²) in [6.07, 6.45) is 8.57. The van der Waals surface area contributed by atoms with E-state index in [1.807, 2.05) is 0 Å². The maximum Gasteiger partial charge on any atom is 0.162 e. The predicted octanol–water partition coefficient (Wildman–Crippen LogP) is 4.91. The van der Waals surface area contributed by atoms with Gasteiger partial charge in [-0.05, 0) is 80.9 Å². The van der Waals surface area contributed by atoms with Crippen molar-refractivity contribution in [3.8, 4) is 0 Å². The Morgan fingerprint density at radius 1 is 0.966 bits per heavy atom. The van der Waals surface area contributed by atoms with Crippen LogP contribution < -0.4 is 4.90 Å². The highest BCUT2D eigenvalue weighted by molar-refractivity contribution is 5.97. The van der Waals surface area contributed by atoms with Crippen LogP contribution in [0, 0.1) is 0 Å². The van der Waals surface area contributed by atoms with Crippen molar-refractivity contribution in [2.24, 2.45) is 0 Å². The molecule has 0 saturated carbocycles. The summed E-state index contributed by atoms with van der Waals surface area (Å²) < 4.78 is 0. The fourth-order valence-corrected chi connectivity index (χ4v) is 4.82. The van der Waals surface area contributed by atoms with Crippen molar-refractivity contribution in [3.05, 3.63) is 64.7 Å². The average molecular weight is 391 g/mol. The van der Waals surface area contributed by atoms with Crippen LogP contribution in [0.2, 0.25) is 0 Å². The number of carbonyl (C=O) groups is 1. The van der Waals surface area contributed by atoms with Gasteiger partial charge in [-0.1, -0.05) is 36.8 Å². The Kier molecular flexibility index (Phi) is 6.66. The number of nitrogens with zero attached hydrogens (tertiary/aromatic N) is 2. The standard InChI is InChI=1S/C26H34N2O/c1-27(17-13-21-9-4-2-5-10-21)15-7-3-6-12-25(29)24-19-22-11-8-16-28-18-14-23(20-24)26(22)28/h2,4-5,9-10,19-20H,3,6-8,11-18H2,1H3. The highest BCUT2D eigenvalue weighted by Gasteiger charge is 2.26. The van der Waals surface area contributed by atoms with E-state index in [4.69, 9.17) is 0 Å². The third kappa shape index (κ3) is 5.08. The molecule has 154 valence electrons. The molecule has 3 heteroatoms. The van der Waals surface area contributed by atoms with Crippen molar-refractivity contribution in [2.45, 2.75) is 51.4 Å². The van der Waals surface area contributed by atoms with Gasteiger partial charge in [-0.25, -0.2) is 0 Å². The first-order chi connectivity index (χ1) is 14.2. The molecule has 0 N–H and O–H groups in total. The van der Waals surface area contributed by atoms with E-state index in [-0.39, 0.29) is 0 Å². The molecule has 0 spiro atoms. The van der Waals surface area contributed by atoms with Crippen LogP contribution in [0.4, 0.5) is 5.69 Å². The van der Waals surface area contributed by atoms with E-state index in [1.165, 1.54) is 41.8 Å². The van der Waals surface area contributed by atoms with Crippen LogP contribution in [-0.2, 0) is 19.3 Å². The minimum Gasteiger partial charge on any atom is -0.371 e. The van der Waals surface area contributed by atoms with E-state index >= 15 is 0 Å². The smallest absolute Gasteiger partial charge is 0.162 e. The first-order valence-corrected chi connectivity index (χ1v) is 11.4. The van der Waals surface area contributed by atoms with E-state index in [2.05, 4.69) is 59.3 Å². The van der Waals surface area contributed by atoms with Gasteiger partial charge in [-0.2, -0.15) is 0 Å². The topological polar surface area (TPSA) is 23.6 Å². The van der Waals surface area contributed by atoms with Gasteiger partial charge in [0.15, 0.2) is 5.78 Å². The van der Waals surface area contributed by atoms with Crippen molar-refractivity contribution >= 4 is 11.5 Å². The Hall–Kier alpha value is -2.13. The molecule has 2 heterocycles. The highest BCUT2D eigenvalue weighted by Crippen LogP contribution is 2.37. The van der Waals surface area contributed by atoms with E-state index in [9.17, 15) is 4.79 Å². The Morgan fingerprint density at radius 2 is 1.76 bits per heavy atom. The van der Waals surface area contributed by atoms with Crippen LogP contribution in [0.5, 0.6) is 0 Å². The quantitative estimate of drug-likeness (QED) is 0.425. The van der Waals surface area contributed by atoms with Crippen LogP contribution in [-0.4, -0.2) is 43.9 Å². The van der Waals surface area contributed by atoms with Gasteiger partial charge in [0.05, 0.1) is 0 Å². The lowest BCUT2D eigenvalue weighted by atomic mass is 9.94. The maximum atomic E-state index is 12.7. The number of anilines is 1. The summed E-state index contributed by atoms with van der Waals surface area (Å²) in [4.78, 5) is 17.7. The zero-order valence-electron chi connectivity index (χ0n) is 17.8. The van der Waals surface area contributed by atoms with Crippen molar-refractivity contribution in [1.29, 1.82) is 0 Å². The summed E-state index contributed by atoms with van der Waals surface area (Å²) in [5.41, 5.74) is 6.63. The van der Waals surface area contributed by atoms with Gasteiger partial charge in [-0.15, -0.1) is 0 Å². The number of unbranched alkanes of at least 4 members (excludes halogenated alkanes) is 2. The molecule has 3 nitrogen and oxygen atoms in total. The summed E-state index contributed by atoms with van der Waals surface area (Å²) >= 11 is 0. The van der Waals surface area contributed by atoms with Gasteiger partial charge >= 0.3 is 0 Å². The van der Waals surface area contributed by atoms with Crippen molar-refractivity contribution in [1.82, 2.24) is 4.90 Å². The molecule has 0 aliphatic carbocycles. The number of aryl methyl sites for hydroxylation is 1. The zero-order valence-corrected chi connectivity index (χ0v) is 17.8. The Bertz CT molecular complexity index is 830. The number of hydrogen-bond acceptors (Lipinski definition) is 3. The molecule has 2 aromatic carbocycles. The van der Waals surface area contributed by atoms with Crippen LogP contribution in [0.15, 0.2) is 42.5 Å². The van der Waals surface area contributed by atoms with E-state index < -0.39 is 0 Å². The molecule has 0 aromatic heterocycles. The van der Waals surface area contributed by atoms with E-state index in [1.54, 1.807) is 0 Å². The van der Waals surface area contributed by atoms with Crippen LogP contribution in [0.25, 0.3) is 0 Å². The second kappa shape index (κ2) is 9.58. The number of benzene rings is 2. The molecule has 2 aliphatic heterocycles. The molecular weight excluding hydrogens is 356 g/mol. The van der Waals surface area contributed by atoms with Gasteiger partial charge in [0.1, 0.15) is 0 Å². The molecule has 0 bridgehead atoms. The normalized spacial score (nSPS) is 15.0. The van der Waals surface area contributed by atoms with Crippen molar-refractivity contribution in [2.75, 3.05) is 38.1 Å². The molecule has 4 rings (SSSR count). The average Bonchev–Trinajstić information content (AvgIpc) is 3.17. The monoisotopic (exact) mass is 390 g/mol. The largest absolute Gasteiger partial charge is 0.371 e. The molecule has 0 radical (unpaired) electrons. The van der Waals surface area contributed by atoms with Crippen LogP contribution >= 0.6 is 0 Å². The first-order valence-electron chi connectivity index (χ1n) is 11.4. The minimum absolute atomic E-state index is 0.338. The number of Topliss-reactive ketones (excluding diaryl/α,β-unsaturated/α-hetero) is 1. The minimum atomic E-state index is 0.338. The fourth-order valence-electron chi connectivity index (χ4n) is 4.82. The summed E-state index contributed by atoms with van der Waals surface area (Å²) in [6.45, 7) is 4.53. The van der Waals surface area contributed by atoms with Gasteiger partial charge in [-0.3, -0.25) is 4.79 Å². The third-order valence-corrected chi connectivity index (χ3v) is 6.50. The molecule has 0 unspecified atom stereocenters. The number of ketones is 1. The van der Waals surface area contributed by atoms with Crippen molar-refractivity contribution < 1.29 is 4.79 Å². The van der Waals surface area contributed by atoms with E-state index in [0.717, 1.165) is 57.3 Å². The molecule has 0 saturated heterocycles. The first kappa shape index (κ1) is 20.2. The fraction of sp³-hybridized carbons (Fsp3) is 0.500. The van der Waals surface area contributed by atoms with Crippen LogP contribution in [0.1, 0.15) is 59.2 Å². The number of rotatable bonds is 10. The number of carbonyl (C=O) groups excluding carboxylic acids is 1. The number of hydrogen-bond donors (Lipinski definition) is 0. The SMILES string of the molecule is CN(CCCCCC(=O)c1cc2c3c(c1)CCN3CCC2)CCc1ccccc1. The molecule has 2 aliphatic rings. The Labute approximate surface area is 175 Å². The second-order valence-electron chi connectivity index (χ2n) is 8.76. The summed E-state index contributed by atoms with van der Waals surface area (Å²) in [6, 6.07) is 15.1. The lowest BCUT2D eigenvalue weighted by molar-refractivity contribution is 0.0978. The Morgan fingerprint density at radius 3 is 2.59 bits per heavy atom. The van der Waals surface area contributed by atoms with Gasteiger partial charge in [0.25, 0.3) is 0 Å². The van der Waals surface area contributed by atoms with Crippen LogP contribution in [0.3, 0.4) is 0 Å². The number of likely N-dealkylation sites (N-methyl/N-ethyl adjacent to an activating group) is 1. The summed E-state index contributed by atoms with van der Waals surface area (Å²) in [5.74, 6) is 0.338. The summed E-state index contributed by atoms with van der Waals surface area (Å²) in [7, 11) is 2.20. The third-order valence-electron chi connectivity index (χ3n) is 6.50. The molecule has 29 heavy (non-hydrogen) atoms. The maximum absolute atomic E-state index is 12.7. The molecule has 0 amide bonds. The molecule has 0 atom stereocenters. The Balaban J connectivity index is 1.17. The van der Waals surface area contributed by atoms with Gasteiger partial charge < -0.3 is 9.80 Å². The second-order valence-corrected chi connectivity index (χ2v) is 8.76. The zero-order chi connectivity index (χ0) is 20.1. The predicted molar refractivity (Wildman–Crippen MR) is 121 cm³/mol. The summed E-state index contributed by atoms with van der Waals surface area (Å²) in [5, 5.41) is 0. The van der Waals surface area contributed by atoms with Gasteiger partial charge in [0.2, 0.25) is 0 Å². The van der Waals surface area contributed by atoms with Gasteiger partial charge in [0, 0.05) is 37.3 Å². The van der Waals surface area contributed by atoms with Crippen molar-refractivity contribution in [3.63, 3.8) is 0 Å². The highest BCUT2D eigenvalue weighted by atomic mass is 16.1. The molecule has 0 fully saturated rings. The molecular formula is C26H34N2O. The van der Waals surface area contributed by atoms with E-state index in [0.29, 0.717) is 12.2 Å². The molecule has 2 aromatic rings.